The van der Waals surface area contributed by atoms with Crippen LogP contribution < -0.4 is 5.32 Å². The first-order valence-electron chi connectivity index (χ1n) is 14.1. The third kappa shape index (κ3) is 6.95. The first-order valence-corrected chi connectivity index (χ1v) is 14.1. The summed E-state index contributed by atoms with van der Waals surface area (Å²) in [4.78, 5) is 53.1. The molecule has 2 unspecified atom stereocenters. The van der Waals surface area contributed by atoms with Gasteiger partial charge in [-0.25, -0.2) is 0 Å². The van der Waals surface area contributed by atoms with E-state index in [0.717, 1.165) is 4.90 Å². The van der Waals surface area contributed by atoms with Gasteiger partial charge in [-0.3, -0.25) is 33.9 Å². The van der Waals surface area contributed by atoms with Gasteiger partial charge < -0.3 is 39.2 Å². The van der Waals surface area contributed by atoms with Crippen molar-refractivity contribution in [3.63, 3.8) is 0 Å². The lowest BCUT2D eigenvalue weighted by atomic mass is 9.88. The van der Waals surface area contributed by atoms with E-state index in [-0.39, 0.29) is 83.3 Å². The number of hydrogen-bond donors (Lipinski definition) is 3. The molecule has 15 heteroatoms. The number of aliphatic hydroxyl groups excluding tert-OH is 2. The van der Waals surface area contributed by atoms with Gasteiger partial charge in [0.1, 0.15) is 23.9 Å². The molecule has 0 aromatic rings. The second kappa shape index (κ2) is 13.9. The van der Waals surface area contributed by atoms with Gasteiger partial charge >= 0.3 is 0 Å². The average molecular weight is 587 g/mol. The number of carbonyl (C=O) groups excluding carboxylic acids is 4. The number of amides is 4. The van der Waals surface area contributed by atoms with Gasteiger partial charge in [0.05, 0.1) is 65.2 Å². The summed E-state index contributed by atoms with van der Waals surface area (Å²) in [5.74, 6) is -1.57. The van der Waals surface area contributed by atoms with Crippen LogP contribution in [0.15, 0.2) is 0 Å². The van der Waals surface area contributed by atoms with E-state index in [1.807, 2.05) is 19.0 Å². The Hall–Kier alpha value is -2.08. The number of likely N-dealkylation sites (N-methyl/N-ethyl adjacent to an activating group) is 2. The van der Waals surface area contributed by atoms with Crippen molar-refractivity contribution >= 4 is 23.6 Å². The Balaban J connectivity index is 1.14. The van der Waals surface area contributed by atoms with Crippen molar-refractivity contribution in [1.82, 2.24) is 20.0 Å². The molecule has 3 N–H and O–H groups in total. The van der Waals surface area contributed by atoms with Gasteiger partial charge in [-0.1, -0.05) is 6.92 Å². The van der Waals surface area contributed by atoms with Crippen LogP contribution in [0.25, 0.3) is 0 Å². The van der Waals surface area contributed by atoms with E-state index in [9.17, 15) is 29.4 Å². The highest BCUT2D eigenvalue weighted by molar-refractivity contribution is 6.05. The van der Waals surface area contributed by atoms with Crippen LogP contribution >= 0.6 is 0 Å². The zero-order valence-corrected chi connectivity index (χ0v) is 23.9. The summed E-state index contributed by atoms with van der Waals surface area (Å²) in [7, 11) is 3.63. The van der Waals surface area contributed by atoms with Crippen LogP contribution in [0.4, 0.5) is 0 Å². The number of carbonyl (C=O) groups is 4. The fourth-order valence-electron chi connectivity index (χ4n) is 5.55. The molecular weight excluding hydrogens is 544 g/mol. The number of likely N-dealkylation sites (tertiary alicyclic amines) is 2. The van der Waals surface area contributed by atoms with Gasteiger partial charge in [0.2, 0.25) is 17.7 Å². The van der Waals surface area contributed by atoms with Gasteiger partial charge in [0, 0.05) is 25.4 Å². The van der Waals surface area contributed by atoms with Gasteiger partial charge in [0.15, 0.2) is 6.29 Å². The monoisotopic (exact) mass is 586 g/mol. The van der Waals surface area contributed by atoms with Crippen molar-refractivity contribution in [1.29, 1.82) is 0 Å². The maximum atomic E-state index is 12.8. The van der Waals surface area contributed by atoms with Crippen molar-refractivity contribution < 1.29 is 53.1 Å². The lowest BCUT2D eigenvalue weighted by molar-refractivity contribution is -0.255. The molecule has 0 aliphatic carbocycles. The van der Waals surface area contributed by atoms with E-state index in [2.05, 4.69) is 5.32 Å². The number of hydrogen-bond acceptors (Lipinski definition) is 13. The van der Waals surface area contributed by atoms with E-state index >= 15 is 0 Å². The Labute approximate surface area is 238 Å². The maximum Gasteiger partial charge on any atom is 0.258 e. The maximum absolute atomic E-state index is 12.8. The highest BCUT2D eigenvalue weighted by atomic mass is 16.8. The zero-order valence-electron chi connectivity index (χ0n) is 23.9. The molecule has 0 saturated carbocycles. The predicted octanol–water partition coefficient (Wildman–Crippen LogP) is -3.07. The molecule has 0 aromatic heterocycles. The van der Waals surface area contributed by atoms with Crippen molar-refractivity contribution in [2.45, 2.75) is 56.0 Å². The molecule has 4 heterocycles. The number of rotatable bonds is 16. The molecular formula is C26H42N4O11. The highest BCUT2D eigenvalue weighted by Crippen LogP contribution is 2.39. The van der Waals surface area contributed by atoms with Gasteiger partial charge in [0.25, 0.3) is 5.91 Å². The summed E-state index contributed by atoms with van der Waals surface area (Å²) in [5.41, 5.74) is -1.35. The third-order valence-corrected chi connectivity index (χ3v) is 8.05. The van der Waals surface area contributed by atoms with Gasteiger partial charge in [-0.05, 0) is 14.1 Å². The van der Waals surface area contributed by atoms with E-state index in [0.29, 0.717) is 13.1 Å². The number of imide groups is 2. The van der Waals surface area contributed by atoms with Crippen LogP contribution in [-0.4, -0.2) is 165 Å². The third-order valence-electron chi connectivity index (χ3n) is 8.05. The number of ether oxygens (including phenoxy) is 5. The lowest BCUT2D eigenvalue weighted by Gasteiger charge is -2.45. The SMILES string of the molecule is CNCCN(C)[C@@H]1[C@H]2OC[C@](COC3CC(=O)N(CCOCCOCCN4C(=O)CC(C)C4=O)C3=O)(O2)[C@H](O)[C@@H]1O. The number of nitrogens with zero attached hydrogens (tertiary/aromatic N) is 3. The van der Waals surface area contributed by atoms with Crippen LogP contribution in [0.2, 0.25) is 0 Å². The fourth-order valence-corrected chi connectivity index (χ4v) is 5.55. The first-order chi connectivity index (χ1) is 19.6. The van der Waals surface area contributed by atoms with Crippen molar-refractivity contribution in [2.24, 2.45) is 5.92 Å². The van der Waals surface area contributed by atoms with Crippen LogP contribution in [0.1, 0.15) is 19.8 Å². The molecule has 7 atom stereocenters. The number of fused-ring (bicyclic) bond motifs is 2. The second-order valence-corrected chi connectivity index (χ2v) is 11.0. The Morgan fingerprint density at radius 2 is 1.63 bits per heavy atom. The van der Waals surface area contributed by atoms with Gasteiger partial charge in [-0.15, -0.1) is 0 Å². The normalized spacial score (nSPS) is 33.7. The number of nitrogens with one attached hydrogen (secondary N) is 1. The quantitative estimate of drug-likeness (QED) is 0.123. The smallest absolute Gasteiger partial charge is 0.258 e. The molecule has 0 aromatic carbocycles. The minimum Gasteiger partial charge on any atom is -0.388 e. The molecule has 4 amide bonds. The van der Waals surface area contributed by atoms with Crippen LogP contribution in [-0.2, 0) is 42.9 Å². The molecule has 4 aliphatic rings. The molecule has 232 valence electrons. The molecule has 0 radical (unpaired) electrons. The number of aliphatic hydroxyl groups is 2. The van der Waals surface area contributed by atoms with Crippen molar-refractivity contribution in [3.8, 4) is 0 Å². The topological polar surface area (TPSA) is 177 Å². The van der Waals surface area contributed by atoms with Gasteiger partial charge in [-0.2, -0.15) is 0 Å². The van der Waals surface area contributed by atoms with Crippen molar-refractivity contribution in [2.75, 3.05) is 79.9 Å². The van der Waals surface area contributed by atoms with E-state index < -0.39 is 48.1 Å². The summed E-state index contributed by atoms with van der Waals surface area (Å²) in [6.45, 7) is 3.73. The summed E-state index contributed by atoms with van der Waals surface area (Å²) < 4.78 is 28.4. The highest BCUT2D eigenvalue weighted by Gasteiger charge is 2.60. The van der Waals surface area contributed by atoms with Crippen LogP contribution in [0.5, 0.6) is 0 Å². The minimum absolute atomic E-state index is 0.0233. The predicted molar refractivity (Wildman–Crippen MR) is 139 cm³/mol. The summed E-state index contributed by atoms with van der Waals surface area (Å²) in [6, 6.07) is -0.577. The Bertz CT molecular complexity index is 970. The lowest BCUT2D eigenvalue weighted by Crippen LogP contribution is -2.66. The summed E-state index contributed by atoms with van der Waals surface area (Å²) in [5, 5.41) is 24.8. The molecule has 15 nitrogen and oxygen atoms in total. The van der Waals surface area contributed by atoms with E-state index in [1.54, 1.807) is 6.92 Å². The first kappa shape index (κ1) is 31.8. The molecule has 2 bridgehead atoms. The molecule has 4 saturated heterocycles. The van der Waals surface area contributed by atoms with Crippen LogP contribution in [0, 0.1) is 5.92 Å². The van der Waals surface area contributed by atoms with Crippen molar-refractivity contribution in [3.05, 3.63) is 0 Å². The summed E-state index contributed by atoms with van der Waals surface area (Å²) >= 11 is 0. The Morgan fingerprint density at radius 3 is 2.24 bits per heavy atom. The standard InChI is InChI=1S/C26H42N4O11/c1-16-12-18(31)29(23(16)35)6-8-37-10-11-38-9-7-30-19(32)13-17(24(30)36)39-14-26-15-40-25(41-26)20(21(33)22(26)34)28(3)5-4-27-2/h16-17,20-22,25,27,33-34H,4-15H2,1-3H3/t16?,17?,20-,21+,22+,25-,26-/m0/s1. The minimum atomic E-state index is -1.35. The Kier molecular flexibility index (Phi) is 10.8. The largest absolute Gasteiger partial charge is 0.388 e. The molecule has 4 rings (SSSR count). The molecule has 4 fully saturated rings. The average Bonchev–Trinajstić information content (AvgIpc) is 3.54. The second-order valence-electron chi connectivity index (χ2n) is 11.0. The van der Waals surface area contributed by atoms with E-state index in [4.69, 9.17) is 23.7 Å². The Morgan fingerprint density at radius 1 is 1.00 bits per heavy atom. The molecule has 4 aliphatic heterocycles. The van der Waals surface area contributed by atoms with Crippen LogP contribution in [0.3, 0.4) is 0 Å². The zero-order chi connectivity index (χ0) is 29.7. The summed E-state index contributed by atoms with van der Waals surface area (Å²) in [6.07, 6.45) is -4.21. The molecule has 41 heavy (non-hydrogen) atoms. The molecule has 0 spiro atoms. The van der Waals surface area contributed by atoms with E-state index in [1.165, 1.54) is 4.90 Å². The fraction of sp³-hybridized carbons (Fsp3) is 0.846.